The number of rotatable bonds is 8. The van der Waals surface area contributed by atoms with Crippen molar-refractivity contribution >= 4 is 17.6 Å². The van der Waals surface area contributed by atoms with Crippen molar-refractivity contribution in [2.45, 2.75) is 70.4 Å². The molecule has 0 bridgehead atoms. The lowest BCUT2D eigenvalue weighted by Gasteiger charge is -2.41. The van der Waals surface area contributed by atoms with Crippen LogP contribution < -0.4 is 10.1 Å². The lowest BCUT2D eigenvalue weighted by molar-refractivity contribution is -0.142. The number of benzene rings is 1. The molecule has 0 radical (unpaired) electrons. The predicted octanol–water partition coefficient (Wildman–Crippen LogP) is 4.73. The molecule has 172 valence electrons. The molecular formula is C25H34N4O3. The molecule has 1 saturated heterocycles. The lowest BCUT2D eigenvalue weighted by atomic mass is 9.83. The Kier molecular flexibility index (Phi) is 7.12. The van der Waals surface area contributed by atoms with Crippen molar-refractivity contribution in [2.75, 3.05) is 19.0 Å². The van der Waals surface area contributed by atoms with Gasteiger partial charge in [-0.1, -0.05) is 38.3 Å². The summed E-state index contributed by atoms with van der Waals surface area (Å²) in [5.74, 6) is 1.29. The minimum Gasteiger partial charge on any atom is -0.497 e. The van der Waals surface area contributed by atoms with Crippen LogP contribution in [0.5, 0.6) is 5.75 Å². The number of amides is 2. The molecule has 1 aromatic heterocycles. The van der Waals surface area contributed by atoms with Gasteiger partial charge in [-0.05, 0) is 43.4 Å². The number of unbranched alkanes of at least 4 members (excludes halogenated alkanes) is 1. The number of ether oxygens (including phenoxy) is 1. The van der Waals surface area contributed by atoms with E-state index < -0.39 is 0 Å². The Morgan fingerprint density at radius 3 is 2.59 bits per heavy atom. The first-order chi connectivity index (χ1) is 15.6. The number of aromatic nitrogens is 2. The summed E-state index contributed by atoms with van der Waals surface area (Å²) in [7, 11) is 1.64. The third-order valence-corrected chi connectivity index (χ3v) is 6.85. The lowest BCUT2D eigenvalue weighted by Crippen LogP contribution is -2.47. The minimum atomic E-state index is -0.315. The van der Waals surface area contributed by atoms with Crippen LogP contribution in [0, 0.1) is 5.92 Å². The summed E-state index contributed by atoms with van der Waals surface area (Å²) in [4.78, 5) is 28.3. The number of nitrogens with zero attached hydrogens (tertiary/aromatic N) is 3. The van der Waals surface area contributed by atoms with Crippen molar-refractivity contribution in [1.82, 2.24) is 14.7 Å². The molecule has 2 aliphatic rings. The highest BCUT2D eigenvalue weighted by molar-refractivity contribution is 5.94. The van der Waals surface area contributed by atoms with Gasteiger partial charge in [0.2, 0.25) is 11.8 Å². The Morgan fingerprint density at radius 1 is 1.16 bits per heavy atom. The zero-order valence-electron chi connectivity index (χ0n) is 19.1. The second-order valence-corrected chi connectivity index (χ2v) is 8.89. The molecule has 1 aliphatic carbocycles. The fourth-order valence-electron chi connectivity index (χ4n) is 5.10. The van der Waals surface area contributed by atoms with Crippen LogP contribution in [-0.2, 0) is 9.59 Å². The van der Waals surface area contributed by atoms with Gasteiger partial charge >= 0.3 is 0 Å². The Hall–Kier alpha value is -2.83. The molecule has 1 N–H and O–H groups in total. The number of methoxy groups -OCH3 is 1. The molecule has 7 heteroatoms. The Morgan fingerprint density at radius 2 is 1.91 bits per heavy atom. The van der Waals surface area contributed by atoms with E-state index in [9.17, 15) is 9.59 Å². The second-order valence-electron chi connectivity index (χ2n) is 8.89. The van der Waals surface area contributed by atoms with Gasteiger partial charge < -0.3 is 15.0 Å². The smallest absolute Gasteiger partial charge is 0.231 e. The average Bonchev–Trinajstić information content (AvgIpc) is 3.50. The number of hydrogen-bond acceptors (Lipinski definition) is 4. The molecule has 32 heavy (non-hydrogen) atoms. The average molecular weight is 439 g/mol. The van der Waals surface area contributed by atoms with Crippen molar-refractivity contribution in [3.63, 3.8) is 0 Å². The maximum absolute atomic E-state index is 13.6. The first-order valence-electron chi connectivity index (χ1n) is 11.9. The maximum Gasteiger partial charge on any atom is 0.231 e. The van der Waals surface area contributed by atoms with E-state index in [4.69, 9.17) is 4.74 Å². The number of hydrogen-bond donors (Lipinski definition) is 1. The topological polar surface area (TPSA) is 76.5 Å². The van der Waals surface area contributed by atoms with Gasteiger partial charge in [0, 0.05) is 19.0 Å². The summed E-state index contributed by atoms with van der Waals surface area (Å²) < 4.78 is 7.27. The highest BCUT2D eigenvalue weighted by Gasteiger charge is 2.40. The molecule has 2 heterocycles. The third-order valence-electron chi connectivity index (χ3n) is 6.85. The fraction of sp³-hybridized carbons (Fsp3) is 0.560. The highest BCUT2D eigenvalue weighted by atomic mass is 16.5. The first kappa shape index (κ1) is 22.4. The van der Waals surface area contributed by atoms with E-state index in [2.05, 4.69) is 17.3 Å². The number of carbonyl (C=O) groups is 2. The van der Waals surface area contributed by atoms with Crippen molar-refractivity contribution < 1.29 is 14.3 Å². The predicted molar refractivity (Wildman–Crippen MR) is 123 cm³/mol. The van der Waals surface area contributed by atoms with Gasteiger partial charge in [0.15, 0.2) is 0 Å². The molecule has 1 aliphatic heterocycles. The zero-order chi connectivity index (χ0) is 22.5. The van der Waals surface area contributed by atoms with Crippen LogP contribution >= 0.6 is 0 Å². The zero-order valence-corrected chi connectivity index (χ0v) is 19.1. The maximum atomic E-state index is 13.6. The summed E-state index contributed by atoms with van der Waals surface area (Å²) in [5, 5.41) is 7.63. The molecule has 0 unspecified atom stereocenters. The minimum absolute atomic E-state index is 0.0421. The molecule has 2 atom stereocenters. The molecule has 2 amide bonds. The number of likely N-dealkylation sites (tertiary alicyclic amines) is 1. The fourth-order valence-corrected chi connectivity index (χ4v) is 5.10. The van der Waals surface area contributed by atoms with E-state index in [-0.39, 0.29) is 23.8 Å². The van der Waals surface area contributed by atoms with Gasteiger partial charge in [0.1, 0.15) is 11.6 Å². The molecule has 7 nitrogen and oxygen atoms in total. The van der Waals surface area contributed by atoms with Crippen molar-refractivity contribution in [3.05, 3.63) is 42.1 Å². The van der Waals surface area contributed by atoms with E-state index in [0.717, 1.165) is 42.8 Å². The largest absolute Gasteiger partial charge is 0.497 e. The Labute approximate surface area is 190 Å². The number of piperidine rings is 1. The third kappa shape index (κ3) is 4.66. The molecule has 2 fully saturated rings. The molecule has 0 spiro atoms. The van der Waals surface area contributed by atoms with Gasteiger partial charge in [-0.3, -0.25) is 9.59 Å². The molecule has 1 aromatic carbocycles. The summed E-state index contributed by atoms with van der Waals surface area (Å²) in [5.41, 5.74) is 0.972. The van der Waals surface area contributed by atoms with Crippen LogP contribution in [0.3, 0.4) is 0 Å². The first-order valence-corrected chi connectivity index (χ1v) is 11.9. The number of carbonyl (C=O) groups excluding carboxylic acids is 2. The van der Waals surface area contributed by atoms with Crippen molar-refractivity contribution in [1.29, 1.82) is 0 Å². The van der Waals surface area contributed by atoms with Crippen LogP contribution in [0.25, 0.3) is 0 Å². The number of anilines is 1. The summed E-state index contributed by atoms with van der Waals surface area (Å²) in [6, 6.07) is 9.70. The molecule has 4 rings (SSSR count). The van der Waals surface area contributed by atoms with Crippen LogP contribution in [-0.4, -0.2) is 40.1 Å². The Balaban J connectivity index is 1.60. The van der Waals surface area contributed by atoms with Crippen LogP contribution in [0.1, 0.15) is 75.9 Å². The number of nitrogens with one attached hydrogen (secondary N) is 1. The SMILES string of the molecule is CCCCN1C(=O)CC[C@@H](C(=O)Nc2ccnn2C2CCCC2)[C@@H]1c1ccc(OC)cc1. The van der Waals surface area contributed by atoms with E-state index in [1.165, 1.54) is 12.8 Å². The van der Waals surface area contributed by atoms with Crippen LogP contribution in [0.15, 0.2) is 36.5 Å². The van der Waals surface area contributed by atoms with Crippen molar-refractivity contribution in [2.24, 2.45) is 5.92 Å². The summed E-state index contributed by atoms with van der Waals surface area (Å²) >= 11 is 0. The Bertz CT molecular complexity index is 918. The van der Waals surface area contributed by atoms with E-state index >= 15 is 0 Å². The summed E-state index contributed by atoms with van der Waals surface area (Å²) in [6.07, 6.45) is 9.22. The van der Waals surface area contributed by atoms with E-state index in [0.29, 0.717) is 25.4 Å². The van der Waals surface area contributed by atoms with Gasteiger partial charge in [-0.15, -0.1) is 0 Å². The quantitative estimate of drug-likeness (QED) is 0.647. The second kappa shape index (κ2) is 10.2. The van der Waals surface area contributed by atoms with E-state index in [1.807, 2.05) is 39.9 Å². The monoisotopic (exact) mass is 438 g/mol. The van der Waals surface area contributed by atoms with Gasteiger partial charge in [-0.2, -0.15) is 5.10 Å². The molecule has 1 saturated carbocycles. The van der Waals surface area contributed by atoms with Crippen molar-refractivity contribution in [3.8, 4) is 5.75 Å². The normalized spacial score (nSPS) is 21.7. The van der Waals surface area contributed by atoms with Gasteiger partial charge in [-0.25, -0.2) is 4.68 Å². The standard InChI is InChI=1S/C25H34N4O3/c1-3-4-17-28-23(30)14-13-21(24(28)18-9-11-20(32-2)12-10-18)25(31)27-22-15-16-26-29(22)19-7-5-6-8-19/h9-12,15-16,19,21,24H,3-8,13-14,17H2,1-2H3,(H,27,31)/t21-,24+/m1/s1. The molecular weight excluding hydrogens is 404 g/mol. The van der Waals surface area contributed by atoms with Gasteiger partial charge in [0.05, 0.1) is 31.3 Å². The molecule has 2 aromatic rings. The van der Waals surface area contributed by atoms with Gasteiger partial charge in [0.25, 0.3) is 0 Å². The summed E-state index contributed by atoms with van der Waals surface area (Å²) in [6.45, 7) is 2.78. The van der Waals surface area contributed by atoms with Crippen LogP contribution in [0.4, 0.5) is 5.82 Å². The highest BCUT2D eigenvalue weighted by Crippen LogP contribution is 2.39. The van der Waals surface area contributed by atoms with E-state index in [1.54, 1.807) is 13.3 Å². The van der Waals surface area contributed by atoms with Crippen LogP contribution in [0.2, 0.25) is 0 Å².